The average Bonchev–Trinajstić information content (AvgIpc) is 2.39. The first-order chi connectivity index (χ1) is 8.96. The van der Waals surface area contributed by atoms with Crippen LogP contribution in [0, 0.1) is 11.6 Å². The molecule has 1 unspecified atom stereocenters. The van der Waals surface area contributed by atoms with Crippen LogP contribution in [-0.2, 0) is 19.7 Å². The van der Waals surface area contributed by atoms with Crippen LogP contribution in [0.5, 0.6) is 0 Å². The molecule has 0 radical (unpaired) electrons. The van der Waals surface area contributed by atoms with Crippen LogP contribution in [0.2, 0.25) is 6.04 Å². The fourth-order valence-corrected chi connectivity index (χ4v) is 3.46. The van der Waals surface area contributed by atoms with Crippen LogP contribution in [0.4, 0.5) is 13.2 Å². The fourth-order valence-electron chi connectivity index (χ4n) is 1.77. The van der Waals surface area contributed by atoms with Crippen LogP contribution in [0.1, 0.15) is 5.56 Å². The van der Waals surface area contributed by atoms with Crippen molar-refractivity contribution in [3.05, 3.63) is 35.4 Å². The van der Waals surface area contributed by atoms with Crippen LogP contribution in [0.3, 0.4) is 0 Å². The first kappa shape index (κ1) is 16.2. The van der Waals surface area contributed by atoms with E-state index in [1.165, 1.54) is 27.4 Å². The number of hydrogen-bond donors (Lipinski definition) is 0. The normalized spacial score (nSPS) is 13.6. The van der Waals surface area contributed by atoms with Crippen molar-refractivity contribution in [3.63, 3.8) is 0 Å². The van der Waals surface area contributed by atoms with Gasteiger partial charge in [-0.3, -0.25) is 0 Å². The summed E-state index contributed by atoms with van der Waals surface area (Å²) in [5.74, 6) is -1.45. The van der Waals surface area contributed by atoms with Gasteiger partial charge < -0.3 is 13.3 Å². The topological polar surface area (TPSA) is 27.7 Å². The quantitative estimate of drug-likeness (QED) is 0.724. The lowest BCUT2D eigenvalue weighted by Gasteiger charge is -2.25. The van der Waals surface area contributed by atoms with Crippen LogP contribution in [-0.4, -0.2) is 36.3 Å². The van der Waals surface area contributed by atoms with Gasteiger partial charge in [-0.15, -0.1) is 0 Å². The molecule has 3 nitrogen and oxygen atoms in total. The highest BCUT2D eigenvalue weighted by molar-refractivity contribution is 6.60. The first-order valence-electron chi connectivity index (χ1n) is 5.69. The summed E-state index contributed by atoms with van der Waals surface area (Å²) in [4.78, 5) is 0. The van der Waals surface area contributed by atoms with Gasteiger partial charge in [-0.25, -0.2) is 13.2 Å². The Hall–Kier alpha value is -0.893. The molecular weight excluding hydrogens is 277 g/mol. The smallest absolute Gasteiger partial charge is 0.377 e. The van der Waals surface area contributed by atoms with E-state index < -0.39 is 26.6 Å². The molecule has 0 spiro atoms. The van der Waals surface area contributed by atoms with Gasteiger partial charge in [0, 0.05) is 39.9 Å². The molecular formula is C12H17F3O3Si. The van der Waals surface area contributed by atoms with Gasteiger partial charge in [-0.1, -0.05) is 6.07 Å². The number of hydrogen-bond acceptors (Lipinski definition) is 3. The number of rotatable bonds is 7. The number of halogens is 3. The largest absolute Gasteiger partial charge is 0.503 e. The highest BCUT2D eigenvalue weighted by Crippen LogP contribution is 2.21. The van der Waals surface area contributed by atoms with Crippen molar-refractivity contribution in [2.75, 3.05) is 21.3 Å². The first-order valence-corrected chi connectivity index (χ1v) is 7.63. The van der Waals surface area contributed by atoms with Crippen LogP contribution in [0.15, 0.2) is 18.2 Å². The summed E-state index contributed by atoms with van der Waals surface area (Å²) < 4.78 is 55.4. The average molecular weight is 294 g/mol. The van der Waals surface area contributed by atoms with Crippen molar-refractivity contribution in [1.82, 2.24) is 0 Å². The van der Waals surface area contributed by atoms with Gasteiger partial charge in [0.15, 0.2) is 0 Å². The molecule has 0 saturated carbocycles. The standard InChI is InChI=1S/C12H17F3O3Si/c1-16-19(17-2,18-3)8-11(14)6-9-4-5-10(13)7-12(9)15/h4-5,7,11H,6,8H2,1-3H3. The minimum absolute atomic E-state index is 0.0900. The zero-order valence-corrected chi connectivity index (χ0v) is 12.1. The molecule has 1 rings (SSSR count). The summed E-state index contributed by atoms with van der Waals surface area (Å²) in [6.45, 7) is 0. The molecule has 0 heterocycles. The van der Waals surface area contributed by atoms with Crippen LogP contribution in [0.25, 0.3) is 0 Å². The fraction of sp³-hybridized carbons (Fsp3) is 0.500. The lowest BCUT2D eigenvalue weighted by atomic mass is 10.1. The molecule has 19 heavy (non-hydrogen) atoms. The van der Waals surface area contributed by atoms with Gasteiger partial charge in [0.05, 0.1) is 0 Å². The Kier molecular flexibility index (Phi) is 5.99. The summed E-state index contributed by atoms with van der Waals surface area (Å²) in [6, 6.07) is 2.97. The van der Waals surface area contributed by atoms with Crippen LogP contribution >= 0.6 is 0 Å². The van der Waals surface area contributed by atoms with E-state index in [4.69, 9.17) is 13.3 Å². The monoisotopic (exact) mass is 294 g/mol. The van der Waals surface area contributed by atoms with Crippen molar-refractivity contribution in [2.24, 2.45) is 0 Å². The Morgan fingerprint density at radius 1 is 1.11 bits per heavy atom. The maximum Gasteiger partial charge on any atom is 0.503 e. The van der Waals surface area contributed by atoms with Crippen molar-refractivity contribution >= 4 is 8.80 Å². The van der Waals surface area contributed by atoms with E-state index in [2.05, 4.69) is 0 Å². The van der Waals surface area contributed by atoms with Crippen molar-refractivity contribution in [2.45, 2.75) is 18.6 Å². The molecule has 0 saturated heterocycles. The molecule has 108 valence electrons. The van der Waals surface area contributed by atoms with E-state index in [1.807, 2.05) is 0 Å². The minimum Gasteiger partial charge on any atom is -0.377 e. The van der Waals surface area contributed by atoms with Gasteiger partial charge in [0.1, 0.15) is 17.8 Å². The third-order valence-corrected chi connectivity index (χ3v) is 5.67. The molecule has 0 amide bonds. The Morgan fingerprint density at radius 2 is 1.68 bits per heavy atom. The van der Waals surface area contributed by atoms with E-state index >= 15 is 0 Å². The summed E-state index contributed by atoms with van der Waals surface area (Å²) in [5.41, 5.74) is 0.111. The summed E-state index contributed by atoms with van der Waals surface area (Å²) in [5, 5.41) is 0. The zero-order valence-electron chi connectivity index (χ0n) is 11.1. The van der Waals surface area contributed by atoms with Gasteiger partial charge in [0.2, 0.25) is 0 Å². The lowest BCUT2D eigenvalue weighted by Crippen LogP contribution is -2.45. The van der Waals surface area contributed by atoms with E-state index in [9.17, 15) is 13.2 Å². The highest BCUT2D eigenvalue weighted by atomic mass is 28.4. The Morgan fingerprint density at radius 3 is 2.16 bits per heavy atom. The molecule has 0 aromatic heterocycles. The zero-order chi connectivity index (χ0) is 14.5. The van der Waals surface area contributed by atoms with E-state index in [-0.39, 0.29) is 18.0 Å². The van der Waals surface area contributed by atoms with Gasteiger partial charge in [-0.2, -0.15) is 0 Å². The Balaban J connectivity index is 2.71. The molecule has 1 aromatic carbocycles. The molecule has 1 atom stereocenters. The van der Waals surface area contributed by atoms with Crippen LogP contribution < -0.4 is 0 Å². The molecule has 0 bridgehead atoms. The number of alkyl halides is 1. The second-order valence-corrected chi connectivity index (χ2v) is 7.04. The van der Waals surface area contributed by atoms with Crippen molar-refractivity contribution < 1.29 is 26.4 Å². The van der Waals surface area contributed by atoms with E-state index in [0.29, 0.717) is 0 Å². The Labute approximate surface area is 111 Å². The SMILES string of the molecule is CO[Si](CC(F)Cc1ccc(F)cc1F)(OC)OC. The summed E-state index contributed by atoms with van der Waals surface area (Å²) in [7, 11) is 1.10. The predicted octanol–water partition coefficient (Wildman–Crippen LogP) is 2.72. The maximum atomic E-state index is 14.0. The molecule has 0 N–H and O–H groups in total. The second kappa shape index (κ2) is 7.04. The molecule has 0 fully saturated rings. The van der Waals surface area contributed by atoms with Gasteiger partial charge in [-0.05, 0) is 11.6 Å². The van der Waals surface area contributed by atoms with Gasteiger partial charge in [0.25, 0.3) is 0 Å². The lowest BCUT2D eigenvalue weighted by molar-refractivity contribution is 0.114. The minimum atomic E-state index is -3.03. The molecule has 7 heteroatoms. The van der Waals surface area contributed by atoms with Gasteiger partial charge >= 0.3 is 8.80 Å². The van der Waals surface area contributed by atoms with E-state index in [1.54, 1.807) is 0 Å². The highest BCUT2D eigenvalue weighted by Gasteiger charge is 2.41. The molecule has 1 aromatic rings. The third kappa shape index (κ3) is 4.31. The molecule has 0 aliphatic heterocycles. The summed E-state index contributed by atoms with van der Waals surface area (Å²) >= 11 is 0. The summed E-state index contributed by atoms with van der Waals surface area (Å²) in [6.07, 6.45) is -1.58. The van der Waals surface area contributed by atoms with Crippen molar-refractivity contribution in [3.8, 4) is 0 Å². The third-order valence-electron chi connectivity index (χ3n) is 2.86. The predicted molar refractivity (Wildman–Crippen MR) is 66.5 cm³/mol. The Bertz CT molecular complexity index is 405. The molecule has 0 aliphatic carbocycles. The van der Waals surface area contributed by atoms with E-state index in [0.717, 1.165) is 12.1 Å². The molecule has 0 aliphatic rings. The van der Waals surface area contributed by atoms with Crippen molar-refractivity contribution in [1.29, 1.82) is 0 Å². The second-order valence-electron chi connectivity index (χ2n) is 4.04. The number of benzene rings is 1. The maximum absolute atomic E-state index is 14.0.